The quantitative estimate of drug-likeness (QED) is 0.416. The Morgan fingerprint density at radius 2 is 1.54 bits per heavy atom. The zero-order chi connectivity index (χ0) is 16.2. The summed E-state index contributed by atoms with van der Waals surface area (Å²) in [6.07, 6.45) is 0. The fourth-order valence-corrected chi connectivity index (χ4v) is 2.27. The number of carboxylic acid groups (broad SMARTS) is 1. The SMILES string of the molecule is O=Nc1ccc2ccccc2c1N=Nc1ccccc1C(=O)O.[Na]. The average molecular weight is 328 g/mol. The van der Waals surface area contributed by atoms with Crippen LogP contribution in [-0.2, 0) is 0 Å². The molecule has 0 saturated heterocycles. The van der Waals surface area contributed by atoms with Gasteiger partial charge < -0.3 is 5.11 Å². The van der Waals surface area contributed by atoms with Crippen LogP contribution in [0.15, 0.2) is 76.1 Å². The Bertz CT molecular complexity index is 941. The summed E-state index contributed by atoms with van der Waals surface area (Å²) in [5.41, 5.74) is 0.723. The third-order valence-electron chi connectivity index (χ3n) is 3.37. The van der Waals surface area contributed by atoms with E-state index in [1.807, 2.05) is 24.3 Å². The van der Waals surface area contributed by atoms with Crippen molar-refractivity contribution in [3.8, 4) is 0 Å². The molecule has 0 heterocycles. The predicted molar refractivity (Wildman–Crippen MR) is 92.7 cm³/mol. The standard InChI is InChI=1S/C17H11N3O3.Na/c21-17(22)13-7-3-4-8-14(13)18-19-16-12-6-2-1-5-11(12)9-10-15(16)20-23;/h1-10H,(H,21,22);. The molecular formula is C17H11N3NaO3. The number of carbonyl (C=O) groups is 1. The van der Waals surface area contributed by atoms with Crippen molar-refractivity contribution in [1.29, 1.82) is 0 Å². The van der Waals surface area contributed by atoms with E-state index in [2.05, 4.69) is 15.4 Å². The Morgan fingerprint density at radius 1 is 0.833 bits per heavy atom. The van der Waals surface area contributed by atoms with Gasteiger partial charge in [0.25, 0.3) is 0 Å². The van der Waals surface area contributed by atoms with Crippen molar-refractivity contribution >= 4 is 63.4 Å². The molecule has 0 aliphatic rings. The Morgan fingerprint density at radius 3 is 2.29 bits per heavy atom. The van der Waals surface area contributed by atoms with Crippen molar-refractivity contribution in [2.24, 2.45) is 15.4 Å². The van der Waals surface area contributed by atoms with E-state index < -0.39 is 5.97 Å². The summed E-state index contributed by atoms with van der Waals surface area (Å²) in [6.45, 7) is 0. The Hall–Kier alpha value is -2.41. The minimum absolute atomic E-state index is 0. The van der Waals surface area contributed by atoms with Crippen LogP contribution in [0.4, 0.5) is 17.1 Å². The first-order valence-electron chi connectivity index (χ1n) is 6.80. The number of carboxylic acids is 1. The van der Waals surface area contributed by atoms with Gasteiger partial charge in [-0.2, -0.15) is 0 Å². The predicted octanol–water partition coefficient (Wildman–Crippen LogP) is 4.97. The van der Waals surface area contributed by atoms with Gasteiger partial charge >= 0.3 is 5.97 Å². The molecule has 0 aliphatic heterocycles. The second-order valence-electron chi connectivity index (χ2n) is 4.77. The van der Waals surface area contributed by atoms with E-state index in [-0.39, 0.29) is 46.5 Å². The molecule has 0 spiro atoms. The molecule has 0 fully saturated rings. The molecule has 0 unspecified atom stereocenters. The molecule has 0 atom stereocenters. The summed E-state index contributed by atoms with van der Waals surface area (Å²) in [4.78, 5) is 22.2. The van der Waals surface area contributed by atoms with Gasteiger partial charge in [0, 0.05) is 34.9 Å². The maximum atomic E-state index is 11.2. The van der Waals surface area contributed by atoms with Crippen LogP contribution >= 0.6 is 0 Å². The van der Waals surface area contributed by atoms with E-state index in [1.54, 1.807) is 30.3 Å². The number of fused-ring (bicyclic) bond motifs is 1. The Balaban J connectivity index is 0.00000208. The van der Waals surface area contributed by atoms with Gasteiger partial charge in [-0.05, 0) is 28.8 Å². The smallest absolute Gasteiger partial charge is 0.337 e. The van der Waals surface area contributed by atoms with Crippen LogP contribution in [0.25, 0.3) is 10.8 Å². The molecule has 3 rings (SSSR count). The molecule has 7 heteroatoms. The Labute approximate surface area is 159 Å². The van der Waals surface area contributed by atoms with Crippen molar-refractivity contribution in [2.75, 3.05) is 0 Å². The van der Waals surface area contributed by atoms with Gasteiger partial charge in [-0.15, -0.1) is 15.1 Å². The van der Waals surface area contributed by atoms with Crippen LogP contribution in [0.3, 0.4) is 0 Å². The second-order valence-corrected chi connectivity index (χ2v) is 4.77. The molecule has 0 aromatic heterocycles. The maximum absolute atomic E-state index is 11.2. The number of azo groups is 1. The third kappa shape index (κ3) is 3.56. The van der Waals surface area contributed by atoms with Crippen LogP contribution in [0.5, 0.6) is 0 Å². The van der Waals surface area contributed by atoms with Gasteiger partial charge in [-0.3, -0.25) is 0 Å². The summed E-state index contributed by atoms with van der Waals surface area (Å²) >= 11 is 0. The van der Waals surface area contributed by atoms with E-state index >= 15 is 0 Å². The topological polar surface area (TPSA) is 91.5 Å². The molecule has 3 aromatic carbocycles. The van der Waals surface area contributed by atoms with E-state index in [0.717, 1.165) is 10.8 Å². The minimum atomic E-state index is -1.09. The van der Waals surface area contributed by atoms with Gasteiger partial charge in [-0.1, -0.05) is 42.5 Å². The summed E-state index contributed by atoms with van der Waals surface area (Å²) in [6, 6.07) is 17.0. The average Bonchev–Trinajstić information content (AvgIpc) is 2.59. The summed E-state index contributed by atoms with van der Waals surface area (Å²) < 4.78 is 0. The Kier molecular flexibility index (Phi) is 5.92. The first kappa shape index (κ1) is 17.9. The number of rotatable bonds is 4. The van der Waals surface area contributed by atoms with Gasteiger partial charge in [0.15, 0.2) is 0 Å². The van der Waals surface area contributed by atoms with Crippen LogP contribution < -0.4 is 0 Å². The second kappa shape index (κ2) is 7.92. The molecule has 1 N–H and O–H groups in total. The first-order chi connectivity index (χ1) is 11.2. The summed E-state index contributed by atoms with van der Waals surface area (Å²) in [5, 5.41) is 21.8. The van der Waals surface area contributed by atoms with Crippen molar-refractivity contribution < 1.29 is 9.90 Å². The fourth-order valence-electron chi connectivity index (χ4n) is 2.27. The third-order valence-corrected chi connectivity index (χ3v) is 3.37. The molecule has 0 bridgehead atoms. The minimum Gasteiger partial charge on any atom is -0.478 e. The monoisotopic (exact) mass is 328 g/mol. The number of nitrogens with zero attached hydrogens (tertiary/aromatic N) is 3. The fraction of sp³-hybridized carbons (Fsp3) is 0. The van der Waals surface area contributed by atoms with Crippen molar-refractivity contribution in [3.05, 3.63) is 71.1 Å². The summed E-state index contributed by atoms with van der Waals surface area (Å²) in [5.74, 6) is -1.09. The molecule has 0 amide bonds. The molecule has 1 radical (unpaired) electrons. The van der Waals surface area contributed by atoms with Crippen molar-refractivity contribution in [3.63, 3.8) is 0 Å². The van der Waals surface area contributed by atoms with E-state index in [9.17, 15) is 9.70 Å². The number of aromatic carboxylic acids is 1. The van der Waals surface area contributed by atoms with Gasteiger partial charge in [-0.25, -0.2) is 4.79 Å². The van der Waals surface area contributed by atoms with Crippen LogP contribution in [0.2, 0.25) is 0 Å². The van der Waals surface area contributed by atoms with Crippen LogP contribution in [-0.4, -0.2) is 40.6 Å². The van der Waals surface area contributed by atoms with Crippen LogP contribution in [0, 0.1) is 4.91 Å². The van der Waals surface area contributed by atoms with Crippen molar-refractivity contribution in [2.45, 2.75) is 0 Å². The van der Waals surface area contributed by atoms with Gasteiger partial charge in [0.05, 0.1) is 5.56 Å². The number of nitroso groups, excluding NO2 is 1. The molecule has 0 saturated carbocycles. The molecule has 6 nitrogen and oxygen atoms in total. The number of hydrogen-bond donors (Lipinski definition) is 1. The van der Waals surface area contributed by atoms with E-state index in [1.165, 1.54) is 6.07 Å². The van der Waals surface area contributed by atoms with E-state index in [4.69, 9.17) is 5.11 Å². The van der Waals surface area contributed by atoms with E-state index in [0.29, 0.717) is 5.69 Å². The van der Waals surface area contributed by atoms with Gasteiger partial charge in [0.1, 0.15) is 17.1 Å². The summed E-state index contributed by atoms with van der Waals surface area (Å²) in [7, 11) is 0. The van der Waals surface area contributed by atoms with Crippen molar-refractivity contribution in [1.82, 2.24) is 0 Å². The molecule has 0 aliphatic carbocycles. The number of benzene rings is 3. The molecule has 113 valence electrons. The zero-order valence-electron chi connectivity index (χ0n) is 12.9. The normalized spacial score (nSPS) is 10.5. The largest absolute Gasteiger partial charge is 0.478 e. The maximum Gasteiger partial charge on any atom is 0.337 e. The van der Waals surface area contributed by atoms with Crippen LogP contribution in [0.1, 0.15) is 10.4 Å². The molecule has 3 aromatic rings. The zero-order valence-corrected chi connectivity index (χ0v) is 14.9. The number of hydrogen-bond acceptors (Lipinski definition) is 5. The molecule has 24 heavy (non-hydrogen) atoms. The first-order valence-corrected chi connectivity index (χ1v) is 6.80. The van der Waals surface area contributed by atoms with Gasteiger partial charge in [0.2, 0.25) is 0 Å². The molecular weight excluding hydrogens is 317 g/mol.